The lowest BCUT2D eigenvalue weighted by Gasteiger charge is -2.32. The van der Waals surface area contributed by atoms with E-state index in [0.29, 0.717) is 35.0 Å². The first-order valence-electron chi connectivity index (χ1n) is 8.31. The summed E-state index contributed by atoms with van der Waals surface area (Å²) >= 11 is 0. The van der Waals surface area contributed by atoms with Gasteiger partial charge in [0.05, 0.1) is 31.3 Å². The monoisotopic (exact) mass is 353 g/mol. The largest absolute Gasteiger partial charge is 0.493 e. The van der Waals surface area contributed by atoms with Gasteiger partial charge in [0, 0.05) is 5.41 Å². The third-order valence-electron chi connectivity index (χ3n) is 4.04. The predicted molar refractivity (Wildman–Crippen MR) is 96.9 cm³/mol. The molecule has 6 nitrogen and oxygen atoms in total. The van der Waals surface area contributed by atoms with Gasteiger partial charge in [0.2, 0.25) is 5.88 Å². The summed E-state index contributed by atoms with van der Waals surface area (Å²) < 4.78 is 16.6. The van der Waals surface area contributed by atoms with Crippen LogP contribution in [0.15, 0.2) is 41.0 Å². The minimum Gasteiger partial charge on any atom is -0.493 e. The number of ether oxygens (including phenoxy) is 3. The van der Waals surface area contributed by atoms with Gasteiger partial charge in [0.15, 0.2) is 11.5 Å². The smallest absolute Gasteiger partial charge is 0.205 e. The van der Waals surface area contributed by atoms with Crippen LogP contribution in [0.3, 0.4) is 0 Å². The Balaban J connectivity index is 2.70. The van der Waals surface area contributed by atoms with Gasteiger partial charge in [-0.2, -0.15) is 10.5 Å². The van der Waals surface area contributed by atoms with Crippen LogP contribution in [0, 0.1) is 28.1 Å². The Hall–Kier alpha value is -3.12. The molecule has 26 heavy (non-hydrogen) atoms. The van der Waals surface area contributed by atoms with Crippen LogP contribution in [0.25, 0.3) is 0 Å². The molecule has 1 heterocycles. The number of hydrogen-bond donors (Lipinski definition) is 1. The Morgan fingerprint density at radius 3 is 2.31 bits per heavy atom. The van der Waals surface area contributed by atoms with E-state index in [1.165, 1.54) is 0 Å². The summed E-state index contributed by atoms with van der Waals surface area (Å²) in [5, 5.41) is 19.4. The van der Waals surface area contributed by atoms with E-state index in [1.54, 1.807) is 19.2 Å². The van der Waals surface area contributed by atoms with Gasteiger partial charge in [0.25, 0.3) is 0 Å². The molecular formula is C20H23N3O3. The number of nitrogens with zero attached hydrogens (tertiary/aromatic N) is 2. The maximum Gasteiger partial charge on any atom is 0.205 e. The zero-order valence-electron chi connectivity index (χ0n) is 15.7. The van der Waals surface area contributed by atoms with Crippen molar-refractivity contribution >= 4 is 0 Å². The van der Waals surface area contributed by atoms with Crippen LogP contribution < -0.4 is 15.2 Å². The van der Waals surface area contributed by atoms with Crippen molar-refractivity contribution in [2.24, 2.45) is 11.1 Å². The molecule has 1 atom stereocenters. The van der Waals surface area contributed by atoms with Gasteiger partial charge in [-0.15, -0.1) is 0 Å². The number of allylic oxidation sites excluding steroid dienone is 3. The third-order valence-corrected chi connectivity index (χ3v) is 4.04. The van der Waals surface area contributed by atoms with E-state index < -0.39 is 11.3 Å². The third kappa shape index (κ3) is 3.45. The van der Waals surface area contributed by atoms with Crippen LogP contribution >= 0.6 is 0 Å². The molecule has 1 aliphatic heterocycles. The van der Waals surface area contributed by atoms with Crippen molar-refractivity contribution in [3.8, 4) is 23.6 Å². The standard InChI is InChI=1S/C20H23N3O3/c1-6-25-15-8-7-12(9-16(15)24-5)17-13(10-21)18(20(2,3)4)26-19(23)14(17)11-22/h7-9,17H,6,23H2,1-5H3. The Kier molecular flexibility index (Phi) is 5.47. The Morgan fingerprint density at radius 2 is 1.81 bits per heavy atom. The van der Waals surface area contributed by atoms with Crippen molar-refractivity contribution < 1.29 is 14.2 Å². The van der Waals surface area contributed by atoms with Crippen molar-refractivity contribution in [3.05, 3.63) is 46.6 Å². The highest BCUT2D eigenvalue weighted by atomic mass is 16.5. The zero-order valence-corrected chi connectivity index (χ0v) is 15.7. The number of benzene rings is 1. The van der Waals surface area contributed by atoms with E-state index in [1.807, 2.05) is 33.8 Å². The molecule has 0 saturated carbocycles. The molecule has 0 fully saturated rings. The summed E-state index contributed by atoms with van der Waals surface area (Å²) in [7, 11) is 1.54. The van der Waals surface area contributed by atoms with Gasteiger partial charge in [-0.25, -0.2) is 0 Å². The fourth-order valence-corrected chi connectivity index (χ4v) is 2.90. The number of methoxy groups -OCH3 is 1. The van der Waals surface area contributed by atoms with Crippen molar-refractivity contribution in [2.75, 3.05) is 13.7 Å². The lowest BCUT2D eigenvalue weighted by molar-refractivity contribution is 0.199. The Labute approximate surface area is 154 Å². The first kappa shape index (κ1) is 19.2. The number of hydrogen-bond acceptors (Lipinski definition) is 6. The molecular weight excluding hydrogens is 330 g/mol. The highest BCUT2D eigenvalue weighted by molar-refractivity contribution is 5.56. The molecule has 1 aromatic carbocycles. The summed E-state index contributed by atoms with van der Waals surface area (Å²) in [6.07, 6.45) is 0. The summed E-state index contributed by atoms with van der Waals surface area (Å²) in [5.41, 5.74) is 6.86. The van der Waals surface area contributed by atoms with Gasteiger partial charge >= 0.3 is 0 Å². The molecule has 2 N–H and O–H groups in total. The Morgan fingerprint density at radius 1 is 1.15 bits per heavy atom. The fraction of sp³-hybridized carbons (Fsp3) is 0.400. The molecule has 0 radical (unpaired) electrons. The second kappa shape index (κ2) is 7.41. The van der Waals surface area contributed by atoms with Crippen LogP contribution in [0.2, 0.25) is 0 Å². The van der Waals surface area contributed by atoms with Crippen molar-refractivity contribution in [3.63, 3.8) is 0 Å². The molecule has 0 amide bonds. The highest BCUT2D eigenvalue weighted by Gasteiger charge is 2.37. The minimum absolute atomic E-state index is 0.0225. The predicted octanol–water partition coefficient (Wildman–Crippen LogP) is 3.73. The molecule has 0 spiro atoms. The summed E-state index contributed by atoms with van der Waals surface area (Å²) in [6, 6.07) is 9.65. The second-order valence-electron chi connectivity index (χ2n) is 6.87. The zero-order chi connectivity index (χ0) is 19.5. The van der Waals surface area contributed by atoms with Crippen molar-refractivity contribution in [1.29, 1.82) is 10.5 Å². The summed E-state index contributed by atoms with van der Waals surface area (Å²) in [4.78, 5) is 0. The number of rotatable bonds is 4. The molecule has 0 aromatic heterocycles. The average Bonchev–Trinajstić information content (AvgIpc) is 2.60. The van der Waals surface area contributed by atoms with Crippen LogP contribution in [-0.4, -0.2) is 13.7 Å². The maximum absolute atomic E-state index is 9.80. The molecule has 2 rings (SSSR count). The topological polar surface area (TPSA) is 101 Å². The molecule has 136 valence electrons. The van der Waals surface area contributed by atoms with Crippen molar-refractivity contribution in [2.45, 2.75) is 33.6 Å². The van der Waals surface area contributed by atoms with Gasteiger partial charge in [0.1, 0.15) is 17.4 Å². The van der Waals surface area contributed by atoms with E-state index in [0.717, 1.165) is 0 Å². The van der Waals surface area contributed by atoms with Crippen molar-refractivity contribution in [1.82, 2.24) is 0 Å². The normalized spacial score (nSPS) is 17.3. The highest BCUT2D eigenvalue weighted by Crippen LogP contribution is 2.45. The molecule has 0 bridgehead atoms. The van der Waals surface area contributed by atoms with E-state index in [9.17, 15) is 10.5 Å². The first-order valence-corrected chi connectivity index (χ1v) is 8.31. The molecule has 1 aliphatic rings. The van der Waals surface area contributed by atoms with E-state index >= 15 is 0 Å². The number of nitrogens with two attached hydrogens (primary N) is 1. The molecule has 1 aromatic rings. The first-order chi connectivity index (χ1) is 12.3. The van der Waals surface area contributed by atoms with Crippen LogP contribution in [0.5, 0.6) is 11.5 Å². The van der Waals surface area contributed by atoms with Gasteiger partial charge in [-0.05, 0) is 24.6 Å². The molecule has 6 heteroatoms. The quantitative estimate of drug-likeness (QED) is 0.885. The lowest BCUT2D eigenvalue weighted by atomic mass is 9.79. The molecule has 0 aliphatic carbocycles. The van der Waals surface area contributed by atoms with Gasteiger partial charge in [-0.3, -0.25) is 0 Å². The van der Waals surface area contributed by atoms with Gasteiger partial charge < -0.3 is 19.9 Å². The van der Waals surface area contributed by atoms with Crippen LogP contribution in [0.4, 0.5) is 0 Å². The average molecular weight is 353 g/mol. The summed E-state index contributed by atoms with van der Waals surface area (Å²) in [6.45, 7) is 8.18. The number of nitriles is 2. The second-order valence-corrected chi connectivity index (χ2v) is 6.87. The summed E-state index contributed by atoms with van der Waals surface area (Å²) in [5.74, 6) is 1.00. The van der Waals surface area contributed by atoms with E-state index in [4.69, 9.17) is 19.9 Å². The van der Waals surface area contributed by atoms with Crippen LogP contribution in [0.1, 0.15) is 39.2 Å². The van der Waals surface area contributed by atoms with E-state index in [2.05, 4.69) is 12.1 Å². The molecule has 0 saturated heterocycles. The SMILES string of the molecule is CCOc1ccc(C2C(C#N)=C(N)OC(C(C)(C)C)=C2C#N)cc1OC. The van der Waals surface area contributed by atoms with E-state index in [-0.39, 0.29) is 11.5 Å². The maximum atomic E-state index is 9.80. The van der Waals surface area contributed by atoms with Gasteiger partial charge in [-0.1, -0.05) is 26.8 Å². The fourth-order valence-electron chi connectivity index (χ4n) is 2.90. The minimum atomic E-state index is -0.613. The molecule has 1 unspecified atom stereocenters. The lowest BCUT2D eigenvalue weighted by Crippen LogP contribution is -2.26. The van der Waals surface area contributed by atoms with Crippen LogP contribution in [-0.2, 0) is 4.74 Å². The Bertz CT molecular complexity index is 849.